The van der Waals surface area contributed by atoms with Crippen molar-refractivity contribution >= 4 is 45.7 Å². The number of hydrogen-bond acceptors (Lipinski definition) is 0. The van der Waals surface area contributed by atoms with Gasteiger partial charge in [-0.3, -0.25) is 0 Å². The van der Waals surface area contributed by atoms with Crippen LogP contribution in [0, 0.1) is 0 Å². The van der Waals surface area contributed by atoms with Crippen LogP contribution in [0.25, 0.3) is 22.3 Å². The van der Waals surface area contributed by atoms with Crippen LogP contribution in [0.2, 0.25) is 10.5 Å². The predicted molar refractivity (Wildman–Crippen MR) is 143 cm³/mol. The Morgan fingerprint density at radius 3 is 1.34 bits per heavy atom. The predicted octanol–water partition coefficient (Wildman–Crippen LogP) is 5.96. The molecule has 0 atom stereocenters. The molecule has 0 aromatic heterocycles. The molecule has 0 aliphatic heterocycles. The van der Waals surface area contributed by atoms with E-state index in [4.69, 9.17) is 0 Å². The third kappa shape index (κ3) is 3.39. The van der Waals surface area contributed by atoms with E-state index in [0.29, 0.717) is 0 Å². The van der Waals surface area contributed by atoms with Gasteiger partial charge in [-0.25, -0.2) is 0 Å². The minimum atomic E-state index is -3.08. The van der Waals surface area contributed by atoms with E-state index in [1.165, 1.54) is 46.5 Å². The van der Waals surface area contributed by atoms with E-state index in [9.17, 15) is 0 Å². The molecule has 0 spiro atoms. The molecule has 2 aliphatic carbocycles. The Morgan fingerprint density at radius 2 is 0.906 bits per heavy atom. The second-order valence-electron chi connectivity index (χ2n) is 10.0. The monoisotopic (exact) mass is 556 g/mol. The molecule has 0 saturated heterocycles. The Morgan fingerprint density at radius 1 is 0.531 bits per heavy atom. The normalized spacial score (nSPS) is 13.2. The van der Waals surface area contributed by atoms with Gasteiger partial charge in [0.25, 0.3) is 0 Å². The summed E-state index contributed by atoms with van der Waals surface area (Å²) in [6.45, 7) is 0. The van der Waals surface area contributed by atoms with E-state index >= 15 is 0 Å². The van der Waals surface area contributed by atoms with Gasteiger partial charge in [-0.05, 0) is 0 Å². The van der Waals surface area contributed by atoms with Gasteiger partial charge in [-0.1, -0.05) is 0 Å². The van der Waals surface area contributed by atoms with E-state index in [2.05, 4.69) is 95.4 Å². The van der Waals surface area contributed by atoms with Crippen molar-refractivity contribution in [3.63, 3.8) is 0 Å². The molecule has 0 bridgehead atoms. The van der Waals surface area contributed by atoms with Gasteiger partial charge in [0.15, 0.2) is 0 Å². The zero-order valence-electron chi connectivity index (χ0n) is 18.5. The number of rotatable bonds is 2. The summed E-state index contributed by atoms with van der Waals surface area (Å²) in [5, 5.41) is 5.35. The van der Waals surface area contributed by atoms with Gasteiger partial charge in [0.2, 0.25) is 0 Å². The molecule has 0 N–H and O–H groups in total. The van der Waals surface area contributed by atoms with E-state index in [1.54, 1.807) is 18.9 Å². The molecule has 2 aliphatic rings. The second kappa shape index (κ2) is 8.19. The van der Waals surface area contributed by atoms with Crippen LogP contribution < -0.4 is 7.74 Å². The molecule has 162 valence electrons. The summed E-state index contributed by atoms with van der Waals surface area (Å²) in [5.74, 6) is 0. The number of hydrogen-bond donors (Lipinski definition) is 0. The van der Waals surface area contributed by atoms with Crippen molar-refractivity contribution in [2.24, 2.45) is 0 Å². The molecule has 0 nitrogen and oxygen atoms in total. The van der Waals surface area contributed by atoms with Crippen molar-refractivity contribution in [2.45, 2.75) is 23.3 Å². The Balaban J connectivity index is 0.00000122. The van der Waals surface area contributed by atoms with Crippen molar-refractivity contribution in [2.75, 3.05) is 0 Å². The van der Waals surface area contributed by atoms with Crippen LogP contribution in [0.1, 0.15) is 22.3 Å². The number of fused-ring (bicyclic) bond motifs is 6. The molecule has 6 rings (SSSR count). The number of halogens is 2. The Bertz CT molecular complexity index is 1330. The van der Waals surface area contributed by atoms with Crippen LogP contribution in [0.3, 0.4) is 0 Å². The fourth-order valence-corrected chi connectivity index (χ4v) is 17.8. The summed E-state index contributed by atoms with van der Waals surface area (Å²) in [6, 6.07) is 32.3. The summed E-state index contributed by atoms with van der Waals surface area (Å²) in [7, 11) is 0. The first-order valence-electron chi connectivity index (χ1n) is 10.9. The molecule has 0 unspecified atom stereocenters. The SMILES string of the molecule is Cl.Cl.[CH3][Ti]([CH3])(=[GeH2])([c]1cccc2c1Cc1ccccc1-2)[c]1cccc2c1Cc1ccccc1-2. The minimum absolute atomic E-state index is 0. The van der Waals surface area contributed by atoms with E-state index in [0.717, 1.165) is 12.8 Å². The van der Waals surface area contributed by atoms with Crippen LogP contribution >= 0.6 is 24.8 Å². The molecule has 0 saturated carbocycles. The topological polar surface area (TPSA) is 0 Å². The van der Waals surface area contributed by atoms with Crippen LogP contribution in [0.5, 0.6) is 0 Å². The molecule has 4 heteroatoms. The van der Waals surface area contributed by atoms with Crippen molar-refractivity contribution < 1.29 is 12.5 Å². The molecule has 4 aromatic carbocycles. The molecule has 4 aromatic rings. The number of benzene rings is 4. The van der Waals surface area contributed by atoms with Gasteiger partial charge < -0.3 is 0 Å². The molecular weight excluding hydrogens is 528 g/mol. The van der Waals surface area contributed by atoms with Gasteiger partial charge in [-0.2, -0.15) is 0 Å². The Hall–Kier alpha value is -1.28. The quantitative estimate of drug-likeness (QED) is 0.231. The molecule has 0 radical (unpaired) electrons. The van der Waals surface area contributed by atoms with Crippen LogP contribution in [0.15, 0.2) is 84.9 Å². The van der Waals surface area contributed by atoms with Crippen molar-refractivity contribution in [1.29, 1.82) is 0 Å². The maximum absolute atomic E-state index is 3.08. The van der Waals surface area contributed by atoms with E-state index in [1.807, 2.05) is 0 Å². The fraction of sp³-hybridized carbons (Fsp3) is 0.143. The third-order valence-corrected chi connectivity index (χ3v) is 20.9. The first kappa shape index (κ1) is 23.9. The third-order valence-electron chi connectivity index (χ3n) is 7.43. The summed E-state index contributed by atoms with van der Waals surface area (Å²) in [5.41, 5.74) is 12.1. The van der Waals surface area contributed by atoms with E-state index < -0.39 is 12.5 Å². The first-order valence-corrected chi connectivity index (χ1v) is 22.8. The van der Waals surface area contributed by atoms with Crippen molar-refractivity contribution in [1.82, 2.24) is 0 Å². The second-order valence-corrected chi connectivity index (χ2v) is 38.4. The van der Waals surface area contributed by atoms with Gasteiger partial charge in [0.1, 0.15) is 0 Å². The van der Waals surface area contributed by atoms with Crippen LogP contribution in [-0.2, 0) is 25.3 Å². The zero-order valence-corrected chi connectivity index (χ0v) is 24.7. The average Bonchev–Trinajstić information content (AvgIpc) is 3.31. The first-order chi connectivity index (χ1) is 14.4. The van der Waals surface area contributed by atoms with Crippen molar-refractivity contribution in [3.8, 4) is 22.3 Å². The Labute approximate surface area is 209 Å². The fourth-order valence-electron chi connectivity index (χ4n) is 5.96. The molecule has 0 amide bonds. The molecule has 0 heterocycles. The Kier molecular flexibility index (Phi) is 6.10. The van der Waals surface area contributed by atoms with Crippen molar-refractivity contribution in [3.05, 3.63) is 107 Å². The molecule has 32 heavy (non-hydrogen) atoms. The summed E-state index contributed by atoms with van der Waals surface area (Å²) >= 11 is -1.71. The van der Waals surface area contributed by atoms with Gasteiger partial charge >= 0.3 is 186 Å². The van der Waals surface area contributed by atoms with Gasteiger partial charge in [-0.15, -0.1) is 24.8 Å². The molecule has 0 fully saturated rings. The van der Waals surface area contributed by atoms with Gasteiger partial charge in [0.05, 0.1) is 0 Å². The summed E-state index contributed by atoms with van der Waals surface area (Å²) in [4.78, 5) is 0. The summed E-state index contributed by atoms with van der Waals surface area (Å²) in [6.07, 6.45) is 2.19. The van der Waals surface area contributed by atoms with Gasteiger partial charge in [0, 0.05) is 0 Å². The summed E-state index contributed by atoms with van der Waals surface area (Å²) < 4.78 is 3.40. The average molecular weight is 556 g/mol. The van der Waals surface area contributed by atoms with E-state index in [-0.39, 0.29) is 24.8 Å². The molecular formula is C28H28Cl2GeTi. The zero-order chi connectivity index (χ0) is 20.5. The van der Waals surface area contributed by atoms with Crippen LogP contribution in [0.4, 0.5) is 0 Å². The van der Waals surface area contributed by atoms with Crippen LogP contribution in [-0.4, -0.2) is 13.1 Å². The standard InChI is InChI=1S/2C13H9.2CH3.2ClH.GeH2.Ti/c2*1-3-7-12-10(5-1)9-11-6-2-4-8-13(11)12;;;;;;/h2*1-5,7-8H,9H2;2*1H3;2*1H;1H2;. The maximum atomic E-state index is 2.68.